The molecule has 0 unspecified atom stereocenters. The summed E-state index contributed by atoms with van der Waals surface area (Å²) in [7, 11) is 0. The normalized spacial score (nSPS) is 13.4. The topological polar surface area (TPSA) is 79.5 Å². The predicted molar refractivity (Wildman–Crippen MR) is 154 cm³/mol. The van der Waals surface area contributed by atoms with Crippen LogP contribution in [0.3, 0.4) is 0 Å². The van der Waals surface area contributed by atoms with Crippen LogP contribution in [0.15, 0.2) is 77.3 Å². The highest BCUT2D eigenvalue weighted by molar-refractivity contribution is 9.10. The van der Waals surface area contributed by atoms with Crippen LogP contribution in [-0.4, -0.2) is 29.6 Å². The zero-order chi connectivity index (χ0) is 26.0. The van der Waals surface area contributed by atoms with Crippen molar-refractivity contribution >= 4 is 50.8 Å². The Balaban J connectivity index is 1.28. The molecule has 0 atom stereocenters. The van der Waals surface area contributed by atoms with Crippen molar-refractivity contribution in [2.45, 2.75) is 44.6 Å². The van der Waals surface area contributed by atoms with Crippen LogP contribution >= 0.6 is 28.1 Å². The summed E-state index contributed by atoms with van der Waals surface area (Å²) in [4.78, 5) is 25.4. The molecule has 3 aromatic rings. The highest BCUT2D eigenvalue weighted by Gasteiger charge is 2.17. The van der Waals surface area contributed by atoms with Gasteiger partial charge in [0.05, 0.1) is 11.1 Å². The van der Waals surface area contributed by atoms with Gasteiger partial charge in [0.15, 0.2) is 5.11 Å². The van der Waals surface area contributed by atoms with Crippen LogP contribution in [0.2, 0.25) is 0 Å². The van der Waals surface area contributed by atoms with Crippen LogP contribution in [0.5, 0.6) is 5.75 Å². The minimum absolute atomic E-state index is 0.0959. The smallest absolute Gasteiger partial charge is 0.257 e. The van der Waals surface area contributed by atoms with E-state index in [9.17, 15) is 9.59 Å². The number of carbonyl (C=O) groups is 2. The number of nitrogens with one attached hydrogen (secondary N) is 3. The van der Waals surface area contributed by atoms with Gasteiger partial charge in [-0.25, -0.2) is 0 Å². The summed E-state index contributed by atoms with van der Waals surface area (Å²) in [5, 5.41) is 8.95. The van der Waals surface area contributed by atoms with Gasteiger partial charge in [0.25, 0.3) is 11.8 Å². The number of benzene rings is 3. The average molecular weight is 581 g/mol. The number of halogens is 1. The first kappa shape index (κ1) is 26.8. The van der Waals surface area contributed by atoms with E-state index in [0.29, 0.717) is 33.6 Å². The number of ether oxygens (including phenoxy) is 1. The Hall–Kier alpha value is -3.23. The summed E-state index contributed by atoms with van der Waals surface area (Å²) in [6, 6.07) is 22.6. The fraction of sp³-hybridized carbons (Fsp3) is 0.276. The zero-order valence-corrected chi connectivity index (χ0v) is 22.9. The molecule has 8 heteroatoms. The van der Waals surface area contributed by atoms with Gasteiger partial charge in [0, 0.05) is 29.3 Å². The number of thiocarbonyl (C=S) groups is 1. The molecule has 6 nitrogen and oxygen atoms in total. The Morgan fingerprint density at radius 2 is 1.65 bits per heavy atom. The summed E-state index contributed by atoms with van der Waals surface area (Å²) >= 11 is 8.82. The summed E-state index contributed by atoms with van der Waals surface area (Å²) in [5.74, 6) is 0.221. The van der Waals surface area contributed by atoms with Crippen LogP contribution in [0, 0.1) is 0 Å². The molecule has 3 aromatic carbocycles. The van der Waals surface area contributed by atoms with Crippen LogP contribution in [0.25, 0.3) is 0 Å². The molecule has 1 saturated carbocycles. The molecule has 0 spiro atoms. The van der Waals surface area contributed by atoms with E-state index < -0.39 is 0 Å². The largest absolute Gasteiger partial charge is 0.492 e. The highest BCUT2D eigenvalue weighted by Crippen LogP contribution is 2.26. The Morgan fingerprint density at radius 1 is 0.892 bits per heavy atom. The molecule has 2 amide bonds. The summed E-state index contributed by atoms with van der Waals surface area (Å²) in [5.41, 5.74) is 2.82. The first-order chi connectivity index (χ1) is 18.0. The fourth-order valence-corrected chi connectivity index (χ4v) is 4.98. The van der Waals surface area contributed by atoms with Crippen LogP contribution in [0.1, 0.15) is 58.4 Å². The molecular formula is C29H30BrN3O3S. The number of carbonyl (C=O) groups excluding carboxylic acids is 2. The minimum Gasteiger partial charge on any atom is -0.492 e. The average Bonchev–Trinajstić information content (AvgIpc) is 2.91. The predicted octanol–water partition coefficient (Wildman–Crippen LogP) is 6.26. The Bertz CT molecular complexity index is 1250. The molecule has 1 aliphatic rings. The van der Waals surface area contributed by atoms with Crippen molar-refractivity contribution in [1.82, 2.24) is 10.6 Å². The van der Waals surface area contributed by atoms with E-state index in [-0.39, 0.29) is 23.0 Å². The second kappa shape index (κ2) is 13.4. The fourth-order valence-electron chi connectivity index (χ4n) is 4.27. The third-order valence-electron chi connectivity index (χ3n) is 6.24. The van der Waals surface area contributed by atoms with Crippen molar-refractivity contribution in [2.24, 2.45) is 0 Å². The molecule has 0 aliphatic heterocycles. The number of rotatable bonds is 8. The lowest BCUT2D eigenvalue weighted by Crippen LogP contribution is -2.36. The summed E-state index contributed by atoms with van der Waals surface area (Å²) in [6.45, 7) is 0.528. The molecule has 0 bridgehead atoms. The second-order valence-electron chi connectivity index (χ2n) is 9.03. The van der Waals surface area contributed by atoms with E-state index in [1.807, 2.05) is 18.2 Å². The molecule has 1 aliphatic carbocycles. The zero-order valence-electron chi connectivity index (χ0n) is 20.5. The number of hydrogen-bond acceptors (Lipinski definition) is 4. The molecule has 4 rings (SSSR count). The van der Waals surface area contributed by atoms with E-state index in [4.69, 9.17) is 17.0 Å². The standard InChI is InChI=1S/C29H30BrN3O3S/c30-25-19-22(14-15-26(25)36-17-16-20-8-3-1-4-9-20)28(35)33-29(37)32-24-13-7-10-21(18-24)27(34)31-23-11-5-2-6-12-23/h1,3-4,7-10,13-15,18-19,23H,2,5-6,11-12,16-17H2,(H,31,34)(H2,32,33,35,37). The Kier molecular flexibility index (Phi) is 9.68. The van der Waals surface area contributed by atoms with Gasteiger partial charge in [-0.2, -0.15) is 0 Å². The van der Waals surface area contributed by atoms with Gasteiger partial charge in [-0.15, -0.1) is 0 Å². The second-order valence-corrected chi connectivity index (χ2v) is 10.3. The van der Waals surface area contributed by atoms with Crippen molar-refractivity contribution in [3.63, 3.8) is 0 Å². The maximum Gasteiger partial charge on any atom is 0.257 e. The van der Waals surface area contributed by atoms with Gasteiger partial charge >= 0.3 is 0 Å². The van der Waals surface area contributed by atoms with Gasteiger partial charge < -0.3 is 15.4 Å². The van der Waals surface area contributed by atoms with Crippen LogP contribution in [0.4, 0.5) is 5.69 Å². The third kappa shape index (κ3) is 8.13. The molecule has 3 N–H and O–H groups in total. The SMILES string of the molecule is O=C(NC(=S)Nc1cccc(C(=O)NC2CCCCC2)c1)c1ccc(OCCc2ccccc2)c(Br)c1. The lowest BCUT2D eigenvalue weighted by atomic mass is 9.95. The first-order valence-electron chi connectivity index (χ1n) is 12.5. The molecule has 0 radical (unpaired) electrons. The lowest BCUT2D eigenvalue weighted by molar-refractivity contribution is 0.0926. The quantitative estimate of drug-likeness (QED) is 0.274. The molecule has 0 saturated heterocycles. The van der Waals surface area contributed by atoms with Crippen molar-refractivity contribution in [3.05, 3.63) is 94.0 Å². The van der Waals surface area contributed by atoms with E-state index in [2.05, 4.69) is 44.0 Å². The van der Waals surface area contributed by atoms with Crippen molar-refractivity contribution in [3.8, 4) is 5.75 Å². The molecule has 192 valence electrons. The van der Waals surface area contributed by atoms with E-state index in [1.165, 1.54) is 12.0 Å². The maximum atomic E-state index is 12.7. The van der Waals surface area contributed by atoms with Gasteiger partial charge in [0.2, 0.25) is 0 Å². The molecular weight excluding hydrogens is 550 g/mol. The van der Waals surface area contributed by atoms with Crippen molar-refractivity contribution in [1.29, 1.82) is 0 Å². The summed E-state index contributed by atoms with van der Waals surface area (Å²) < 4.78 is 6.55. The maximum absolute atomic E-state index is 12.7. The van der Waals surface area contributed by atoms with E-state index in [0.717, 1.165) is 32.1 Å². The number of hydrogen-bond donors (Lipinski definition) is 3. The summed E-state index contributed by atoms with van der Waals surface area (Å²) in [6.07, 6.45) is 6.38. The molecule has 1 fully saturated rings. The van der Waals surface area contributed by atoms with Crippen LogP contribution < -0.4 is 20.7 Å². The van der Waals surface area contributed by atoms with E-state index >= 15 is 0 Å². The molecule has 0 aromatic heterocycles. The highest BCUT2D eigenvalue weighted by atomic mass is 79.9. The number of anilines is 1. The van der Waals surface area contributed by atoms with Gasteiger partial charge in [-0.05, 0) is 83.0 Å². The van der Waals surface area contributed by atoms with Crippen molar-refractivity contribution in [2.75, 3.05) is 11.9 Å². The minimum atomic E-state index is -0.347. The monoisotopic (exact) mass is 579 g/mol. The van der Waals surface area contributed by atoms with Gasteiger partial charge in [-0.1, -0.05) is 55.7 Å². The first-order valence-corrected chi connectivity index (χ1v) is 13.7. The van der Waals surface area contributed by atoms with Crippen molar-refractivity contribution < 1.29 is 14.3 Å². The van der Waals surface area contributed by atoms with E-state index in [1.54, 1.807) is 42.5 Å². The number of amides is 2. The van der Waals surface area contributed by atoms with Gasteiger partial charge in [-0.3, -0.25) is 14.9 Å². The lowest BCUT2D eigenvalue weighted by Gasteiger charge is -2.22. The van der Waals surface area contributed by atoms with Crippen LogP contribution in [-0.2, 0) is 6.42 Å². The van der Waals surface area contributed by atoms with Gasteiger partial charge in [0.1, 0.15) is 5.75 Å². The Morgan fingerprint density at radius 3 is 2.41 bits per heavy atom. The third-order valence-corrected chi connectivity index (χ3v) is 7.06. The Labute approximate surface area is 231 Å². The molecule has 0 heterocycles. The molecule has 37 heavy (non-hydrogen) atoms.